The molecule has 2 rings (SSSR count). The molecule has 0 fully saturated rings. The number of nitrogens with zero attached hydrogens (tertiary/aromatic N) is 1. The summed E-state index contributed by atoms with van der Waals surface area (Å²) in [5.41, 5.74) is 3.68. The molecule has 154 valence electrons. The molecule has 29 heavy (non-hydrogen) atoms. The number of carbonyl (C=O) groups excluding carboxylic acids is 2. The average molecular weight is 416 g/mol. The maximum Gasteiger partial charge on any atom is 0.262 e. The van der Waals surface area contributed by atoms with E-state index in [9.17, 15) is 9.59 Å². The Balaban J connectivity index is 1.99. The Hall–Kier alpha value is -2.86. The summed E-state index contributed by atoms with van der Waals surface area (Å²) in [6.45, 7) is 6.37. The van der Waals surface area contributed by atoms with Crippen molar-refractivity contribution in [3.63, 3.8) is 0 Å². The molecule has 0 spiro atoms. The van der Waals surface area contributed by atoms with Crippen molar-refractivity contribution >= 4 is 29.6 Å². The van der Waals surface area contributed by atoms with Gasteiger partial charge in [0.15, 0.2) is 0 Å². The zero-order chi connectivity index (χ0) is 21.2. The molecular formula is C22H26ClN3O3. The lowest BCUT2D eigenvalue weighted by atomic mass is 10.0. The van der Waals surface area contributed by atoms with E-state index in [1.54, 1.807) is 24.3 Å². The molecule has 7 heteroatoms. The zero-order valence-electron chi connectivity index (χ0n) is 16.8. The van der Waals surface area contributed by atoms with Crippen molar-refractivity contribution in [3.05, 3.63) is 64.7 Å². The zero-order valence-corrected chi connectivity index (χ0v) is 17.6. The van der Waals surface area contributed by atoms with E-state index in [1.165, 1.54) is 6.21 Å². The monoisotopic (exact) mass is 415 g/mol. The van der Waals surface area contributed by atoms with Crippen LogP contribution in [0.4, 0.5) is 0 Å². The summed E-state index contributed by atoms with van der Waals surface area (Å²) < 4.78 is 5.58. The molecule has 0 heterocycles. The highest BCUT2D eigenvalue weighted by Gasteiger charge is 2.24. The number of halogens is 1. The van der Waals surface area contributed by atoms with Gasteiger partial charge >= 0.3 is 0 Å². The van der Waals surface area contributed by atoms with Crippen LogP contribution in [0.1, 0.15) is 43.1 Å². The van der Waals surface area contributed by atoms with Crippen LogP contribution in [-0.2, 0) is 4.79 Å². The predicted octanol–water partition coefficient (Wildman–Crippen LogP) is 4.03. The Bertz CT molecular complexity index is 868. The fourth-order valence-corrected chi connectivity index (χ4v) is 2.72. The number of nitrogens with one attached hydrogen (secondary N) is 2. The van der Waals surface area contributed by atoms with Crippen LogP contribution in [0.25, 0.3) is 0 Å². The Labute approximate surface area is 176 Å². The van der Waals surface area contributed by atoms with Crippen LogP contribution in [0.15, 0.2) is 53.6 Å². The molecule has 6 nitrogen and oxygen atoms in total. The van der Waals surface area contributed by atoms with E-state index in [0.29, 0.717) is 17.2 Å². The van der Waals surface area contributed by atoms with Crippen LogP contribution in [0.2, 0.25) is 5.02 Å². The fourth-order valence-electron chi connectivity index (χ4n) is 2.53. The first-order valence-corrected chi connectivity index (χ1v) is 9.90. The maximum absolute atomic E-state index is 12.5. The van der Waals surface area contributed by atoms with Crippen molar-refractivity contribution in [2.45, 2.75) is 33.2 Å². The van der Waals surface area contributed by atoms with E-state index >= 15 is 0 Å². The lowest BCUT2D eigenvalue weighted by Crippen LogP contribution is -2.48. The Morgan fingerprint density at radius 2 is 1.93 bits per heavy atom. The first-order valence-electron chi connectivity index (χ1n) is 9.53. The molecule has 0 aliphatic rings. The largest absolute Gasteiger partial charge is 0.494 e. The van der Waals surface area contributed by atoms with Gasteiger partial charge in [0.25, 0.3) is 11.8 Å². The standard InChI is InChI=1S/C22H26ClN3O3/c1-4-11-29-19-10-5-7-16(12-19)14-24-26-22(28)20(15(2)3)25-21(27)17-8-6-9-18(23)13-17/h5-10,12-15,20H,4,11H2,1-3H3,(H,25,27)(H,26,28). The lowest BCUT2D eigenvalue weighted by Gasteiger charge is -2.20. The van der Waals surface area contributed by atoms with Crippen molar-refractivity contribution < 1.29 is 14.3 Å². The number of hydrogen-bond acceptors (Lipinski definition) is 4. The molecule has 2 aromatic rings. The SMILES string of the molecule is CCCOc1cccc(C=NNC(=O)C(NC(=O)c2cccc(Cl)c2)C(C)C)c1. The Morgan fingerprint density at radius 1 is 1.17 bits per heavy atom. The third-order valence-electron chi connectivity index (χ3n) is 4.04. The molecule has 0 bridgehead atoms. The van der Waals surface area contributed by atoms with E-state index in [4.69, 9.17) is 16.3 Å². The van der Waals surface area contributed by atoms with Crippen LogP contribution in [-0.4, -0.2) is 30.7 Å². The quantitative estimate of drug-likeness (QED) is 0.479. The number of amides is 2. The first kappa shape index (κ1) is 22.4. The molecule has 1 unspecified atom stereocenters. The maximum atomic E-state index is 12.5. The van der Waals surface area contributed by atoms with Gasteiger partial charge < -0.3 is 10.1 Å². The number of carbonyl (C=O) groups is 2. The topological polar surface area (TPSA) is 79.8 Å². The van der Waals surface area contributed by atoms with E-state index in [0.717, 1.165) is 17.7 Å². The Morgan fingerprint density at radius 3 is 2.62 bits per heavy atom. The van der Waals surface area contributed by atoms with Crippen molar-refractivity contribution in [2.75, 3.05) is 6.61 Å². The summed E-state index contributed by atoms with van der Waals surface area (Å²) in [5.74, 6) is -0.147. The number of ether oxygens (including phenoxy) is 1. The highest BCUT2D eigenvalue weighted by atomic mass is 35.5. The Kier molecular flexibility index (Phi) is 8.68. The van der Waals surface area contributed by atoms with E-state index < -0.39 is 11.9 Å². The van der Waals surface area contributed by atoms with Gasteiger partial charge in [0.05, 0.1) is 12.8 Å². The van der Waals surface area contributed by atoms with E-state index in [2.05, 4.69) is 15.8 Å². The van der Waals surface area contributed by atoms with Crippen molar-refractivity contribution in [1.82, 2.24) is 10.7 Å². The summed E-state index contributed by atoms with van der Waals surface area (Å²) in [7, 11) is 0. The minimum Gasteiger partial charge on any atom is -0.494 e. The minimum atomic E-state index is -0.738. The molecule has 2 amide bonds. The predicted molar refractivity (Wildman–Crippen MR) is 116 cm³/mol. The van der Waals surface area contributed by atoms with Gasteiger partial charge in [0, 0.05) is 10.6 Å². The van der Waals surface area contributed by atoms with Crippen molar-refractivity contribution in [3.8, 4) is 5.75 Å². The third-order valence-corrected chi connectivity index (χ3v) is 4.28. The minimum absolute atomic E-state index is 0.126. The molecule has 0 radical (unpaired) electrons. The first-order chi connectivity index (χ1) is 13.9. The van der Waals surface area contributed by atoms with E-state index in [-0.39, 0.29) is 11.8 Å². The van der Waals surface area contributed by atoms with Gasteiger partial charge in [0.2, 0.25) is 0 Å². The molecule has 0 aliphatic heterocycles. The summed E-state index contributed by atoms with van der Waals surface area (Å²) in [5, 5.41) is 7.20. The summed E-state index contributed by atoms with van der Waals surface area (Å²) in [6, 6.07) is 13.2. The van der Waals surface area contributed by atoms with Crippen LogP contribution >= 0.6 is 11.6 Å². The van der Waals surface area contributed by atoms with Gasteiger partial charge in [-0.25, -0.2) is 5.43 Å². The average Bonchev–Trinajstić information content (AvgIpc) is 2.70. The van der Waals surface area contributed by atoms with Gasteiger partial charge in [-0.1, -0.05) is 50.6 Å². The molecular weight excluding hydrogens is 390 g/mol. The highest BCUT2D eigenvalue weighted by molar-refractivity contribution is 6.31. The van der Waals surface area contributed by atoms with Gasteiger partial charge in [-0.15, -0.1) is 0 Å². The summed E-state index contributed by atoms with van der Waals surface area (Å²) in [4.78, 5) is 25.0. The van der Waals surface area contributed by atoms with Crippen LogP contribution in [0.5, 0.6) is 5.75 Å². The van der Waals surface area contributed by atoms with Crippen LogP contribution in [0.3, 0.4) is 0 Å². The fraction of sp³-hybridized carbons (Fsp3) is 0.318. The number of benzene rings is 2. The lowest BCUT2D eigenvalue weighted by molar-refractivity contribution is -0.123. The molecule has 1 atom stereocenters. The summed E-state index contributed by atoms with van der Waals surface area (Å²) in [6.07, 6.45) is 2.46. The second-order valence-electron chi connectivity index (χ2n) is 6.86. The molecule has 0 saturated heterocycles. The van der Waals surface area contributed by atoms with Gasteiger partial charge in [-0.2, -0.15) is 5.10 Å². The molecule has 0 saturated carbocycles. The third kappa shape index (κ3) is 7.23. The highest BCUT2D eigenvalue weighted by Crippen LogP contribution is 2.13. The smallest absolute Gasteiger partial charge is 0.262 e. The van der Waals surface area contributed by atoms with Crippen molar-refractivity contribution in [2.24, 2.45) is 11.0 Å². The number of hydrogen-bond donors (Lipinski definition) is 2. The summed E-state index contributed by atoms with van der Waals surface area (Å²) >= 11 is 5.93. The van der Waals surface area contributed by atoms with Gasteiger partial charge in [-0.3, -0.25) is 9.59 Å². The second-order valence-corrected chi connectivity index (χ2v) is 7.30. The van der Waals surface area contributed by atoms with E-state index in [1.807, 2.05) is 45.0 Å². The number of hydrazone groups is 1. The second kappa shape index (κ2) is 11.2. The van der Waals surface area contributed by atoms with Gasteiger partial charge in [0.1, 0.15) is 11.8 Å². The van der Waals surface area contributed by atoms with Crippen molar-refractivity contribution in [1.29, 1.82) is 0 Å². The number of rotatable bonds is 9. The van der Waals surface area contributed by atoms with Crippen LogP contribution < -0.4 is 15.5 Å². The normalized spacial score (nSPS) is 12.0. The van der Waals surface area contributed by atoms with Gasteiger partial charge in [-0.05, 0) is 48.2 Å². The molecule has 2 aromatic carbocycles. The molecule has 0 aliphatic carbocycles. The molecule has 0 aromatic heterocycles. The van der Waals surface area contributed by atoms with Crippen LogP contribution in [0, 0.1) is 5.92 Å². The molecule has 2 N–H and O–H groups in total.